The Balaban J connectivity index is 0.000000752. The van der Waals surface area contributed by atoms with Crippen LogP contribution < -0.4 is 17.0 Å². The van der Waals surface area contributed by atoms with Gasteiger partial charge in [0.05, 0.1) is 12.7 Å². The third kappa shape index (κ3) is 8.86. The Morgan fingerprint density at radius 2 is 1.64 bits per heavy atom. The van der Waals surface area contributed by atoms with Gasteiger partial charge in [0, 0.05) is 12.8 Å². The van der Waals surface area contributed by atoms with Crippen molar-refractivity contribution in [2.24, 2.45) is 34.5 Å². The topological polar surface area (TPSA) is 40.5 Å². The number of hydrogen-bond acceptors (Lipinski definition) is 2. The fourth-order valence-electron chi connectivity index (χ4n) is 8.09. The minimum atomic E-state index is -4.13. The molecule has 39 heavy (non-hydrogen) atoms. The summed E-state index contributed by atoms with van der Waals surface area (Å²) in [5.74, 6) is 1.92. The maximum Gasteiger partial charge on any atom is 2.00 e. The zero-order valence-electron chi connectivity index (χ0n) is 23.2. The molecule has 10 heteroatoms. The van der Waals surface area contributed by atoms with Crippen LogP contribution in [0.5, 0.6) is 0 Å². The monoisotopic (exact) mass is 640 g/mol. The molecule has 2 saturated carbocycles. The molecule has 2 fully saturated rings. The molecular weight excluding hydrogens is 599 g/mol. The summed E-state index contributed by atoms with van der Waals surface area (Å²) < 4.78 is 70.6. The van der Waals surface area contributed by atoms with Gasteiger partial charge in [-0.3, -0.25) is 0 Å². The van der Waals surface area contributed by atoms with Crippen molar-refractivity contribution < 1.29 is 53.5 Å². The van der Waals surface area contributed by atoms with Crippen molar-refractivity contribution in [3.63, 3.8) is 0 Å². The normalized spacial score (nSPS) is 34.4. The third-order valence-electron chi connectivity index (χ3n) is 10.0. The van der Waals surface area contributed by atoms with E-state index in [9.17, 15) is 36.6 Å². The number of rotatable bonds is 6. The van der Waals surface area contributed by atoms with Crippen LogP contribution in [0.3, 0.4) is 0 Å². The molecule has 7 atom stereocenters. The molecule has 0 aromatic carbocycles. The van der Waals surface area contributed by atoms with Crippen LogP contribution in [0.1, 0.15) is 90.9 Å². The molecule has 0 saturated heterocycles. The summed E-state index contributed by atoms with van der Waals surface area (Å²) in [5, 5.41) is 20.4. The van der Waals surface area contributed by atoms with Crippen molar-refractivity contribution in [3.05, 3.63) is 30.2 Å². The summed E-state index contributed by atoms with van der Waals surface area (Å²) in [7, 11) is 0. The Bertz CT molecular complexity index is 845. The molecule has 222 valence electrons. The summed E-state index contributed by atoms with van der Waals surface area (Å²) in [6.07, 6.45) is 1.89. The molecule has 4 unspecified atom stereocenters. The smallest absolute Gasteiger partial charge is 1.00 e. The number of aliphatic hydroxyl groups excluding tert-OH is 2. The standard InChI is InChI=1S/C25H37F3O2.C4H6F3.BrH.Mg/c1-23-12-9-16(15-29)14-17(23)5-6-18-19-7-8-21(24(19,2)13-10-20(18)23)22(30)4-3-11-25(26,27)28;1-2-3-4(5,6)7;;/h5,14,18-22,29-30H,3-4,6-13,15H2,1-2H3;1-3H2;1H;/q;-1;;+2/p-1/t18?,19?,20?,21-,22?,23+,24+;;;/m1.../s1. The molecule has 0 amide bonds. The first-order valence-corrected chi connectivity index (χ1v) is 13.8. The van der Waals surface area contributed by atoms with E-state index in [1.54, 1.807) is 0 Å². The van der Waals surface area contributed by atoms with Gasteiger partial charge in [-0.1, -0.05) is 26.0 Å². The molecule has 0 spiro atoms. The maximum absolute atomic E-state index is 12.5. The van der Waals surface area contributed by atoms with Gasteiger partial charge in [0.2, 0.25) is 0 Å². The van der Waals surface area contributed by atoms with Gasteiger partial charge < -0.3 is 34.1 Å². The summed E-state index contributed by atoms with van der Waals surface area (Å²) in [4.78, 5) is 0. The number of allylic oxidation sites excluding steroid dienone is 3. The summed E-state index contributed by atoms with van der Waals surface area (Å²) >= 11 is 0. The Morgan fingerprint density at radius 3 is 2.18 bits per heavy atom. The van der Waals surface area contributed by atoms with Gasteiger partial charge in [0.15, 0.2) is 0 Å². The number of fused-ring (bicyclic) bond motifs is 5. The number of hydrogen-bond donors (Lipinski definition) is 2. The van der Waals surface area contributed by atoms with E-state index in [1.165, 1.54) is 5.57 Å². The first-order valence-electron chi connectivity index (χ1n) is 13.8. The van der Waals surface area contributed by atoms with E-state index in [2.05, 4.69) is 32.9 Å². The third-order valence-corrected chi connectivity index (χ3v) is 10.0. The maximum atomic E-state index is 12.5. The zero-order valence-corrected chi connectivity index (χ0v) is 26.2. The van der Waals surface area contributed by atoms with Crippen molar-refractivity contribution in [3.8, 4) is 0 Å². The zero-order chi connectivity index (χ0) is 27.6. The van der Waals surface area contributed by atoms with Gasteiger partial charge in [-0.25, -0.2) is 0 Å². The van der Waals surface area contributed by atoms with Gasteiger partial charge in [-0.15, -0.1) is 0 Å². The van der Waals surface area contributed by atoms with Crippen LogP contribution in [0.2, 0.25) is 0 Å². The molecule has 0 bridgehead atoms. The fourth-order valence-corrected chi connectivity index (χ4v) is 8.09. The molecule has 4 aliphatic rings. The van der Waals surface area contributed by atoms with Crippen LogP contribution in [0, 0.1) is 41.4 Å². The molecule has 2 nitrogen and oxygen atoms in total. The first-order chi connectivity index (χ1) is 17.1. The Morgan fingerprint density at radius 1 is 1.00 bits per heavy atom. The van der Waals surface area contributed by atoms with Crippen LogP contribution in [0.15, 0.2) is 23.3 Å². The molecule has 2 N–H and O–H groups in total. The van der Waals surface area contributed by atoms with Crippen molar-refractivity contribution in [2.75, 3.05) is 6.61 Å². The number of aliphatic hydroxyl groups is 2. The van der Waals surface area contributed by atoms with E-state index in [0.717, 1.165) is 50.5 Å². The summed E-state index contributed by atoms with van der Waals surface area (Å²) in [5.41, 5.74) is 2.76. The van der Waals surface area contributed by atoms with Gasteiger partial charge in [0.1, 0.15) is 0 Å². The second-order valence-electron chi connectivity index (χ2n) is 12.2. The van der Waals surface area contributed by atoms with Gasteiger partial charge >= 0.3 is 35.4 Å². The van der Waals surface area contributed by atoms with Crippen LogP contribution in [-0.2, 0) is 0 Å². The summed E-state index contributed by atoms with van der Waals surface area (Å²) in [6.45, 7) is 7.91. The Labute approximate surface area is 256 Å². The largest absolute Gasteiger partial charge is 2.00 e. The van der Waals surface area contributed by atoms with E-state index >= 15 is 0 Å². The average molecular weight is 642 g/mol. The Hall–Kier alpha value is 0.226. The van der Waals surface area contributed by atoms with Crippen LogP contribution in [0.4, 0.5) is 26.3 Å². The van der Waals surface area contributed by atoms with Crippen molar-refractivity contribution in [2.45, 2.75) is 109 Å². The quantitative estimate of drug-likeness (QED) is 0.244. The molecule has 0 heterocycles. The molecular formula is C29H43BrF6MgO2. The van der Waals surface area contributed by atoms with Gasteiger partial charge in [-0.2, -0.15) is 32.8 Å². The predicted molar refractivity (Wildman–Crippen MR) is 138 cm³/mol. The molecule has 0 aliphatic heterocycles. The fraction of sp³-hybridized carbons (Fsp3) is 0.828. The minimum absolute atomic E-state index is 0. The number of alkyl halides is 6. The average Bonchev–Trinajstić information content (AvgIpc) is 3.14. The Kier molecular flexibility index (Phi) is 13.9. The molecule has 0 aromatic heterocycles. The minimum Gasteiger partial charge on any atom is -1.00 e. The van der Waals surface area contributed by atoms with Crippen molar-refractivity contribution >= 4 is 23.1 Å². The van der Waals surface area contributed by atoms with E-state index in [1.807, 2.05) is 0 Å². The SMILES string of the molecule is C[C@]12CCC(CO)=CC1=CCC1C2CC[C@@]2(C)C1CC[C@@H]2C(O)CCCC(F)(F)F.[Br-].[CH2-]CCC(F)(F)F.[Mg+2]. The second-order valence-corrected chi connectivity index (χ2v) is 12.2. The predicted octanol–water partition coefficient (Wildman–Crippen LogP) is 4.97. The van der Waals surface area contributed by atoms with Gasteiger partial charge in [0.25, 0.3) is 0 Å². The van der Waals surface area contributed by atoms with E-state index < -0.39 is 31.3 Å². The first kappa shape index (κ1) is 37.3. The molecule has 4 rings (SSSR count). The number of halogens is 7. The van der Waals surface area contributed by atoms with Gasteiger partial charge in [-0.05, 0) is 103 Å². The van der Waals surface area contributed by atoms with Crippen LogP contribution in [-0.4, -0.2) is 58.3 Å². The van der Waals surface area contributed by atoms with Crippen LogP contribution >= 0.6 is 0 Å². The van der Waals surface area contributed by atoms with E-state index in [0.29, 0.717) is 17.8 Å². The van der Waals surface area contributed by atoms with E-state index in [4.69, 9.17) is 0 Å². The molecule has 4 aliphatic carbocycles. The molecule has 0 radical (unpaired) electrons. The second kappa shape index (κ2) is 14.6. The van der Waals surface area contributed by atoms with Crippen molar-refractivity contribution in [1.29, 1.82) is 0 Å². The van der Waals surface area contributed by atoms with Crippen LogP contribution in [0.25, 0.3) is 0 Å². The summed E-state index contributed by atoms with van der Waals surface area (Å²) in [6, 6.07) is 0. The van der Waals surface area contributed by atoms with E-state index in [-0.39, 0.29) is 82.7 Å². The van der Waals surface area contributed by atoms with Crippen molar-refractivity contribution in [1.82, 2.24) is 0 Å². The molecule has 0 aromatic rings.